The first-order valence-electron chi connectivity index (χ1n) is 12.7. The molecule has 35 heavy (non-hydrogen) atoms. The molecule has 1 atom stereocenters. The molecular weight excluding hydrogens is 438 g/mol. The third-order valence-corrected chi connectivity index (χ3v) is 6.09. The van der Waals surface area contributed by atoms with Gasteiger partial charge in [0.25, 0.3) is 0 Å². The minimum Gasteiger partial charge on any atom is -0.494 e. The second-order valence-corrected chi connectivity index (χ2v) is 8.99. The molecule has 6 nitrogen and oxygen atoms in total. The van der Waals surface area contributed by atoms with Crippen LogP contribution in [0.25, 0.3) is 22.5 Å². The van der Waals surface area contributed by atoms with Crippen LogP contribution in [0, 0.1) is 0 Å². The molecule has 0 saturated heterocycles. The minimum absolute atomic E-state index is 0.286. The standard InChI is InChI=1S/C29H37N3O3/c1-2-3-4-5-6-7-8-9-18-35-26-16-14-23(15-17-26)25-20-31-28(32-21-25)24-12-10-22(11-13-24)19-27(30)29(33)34/h10-17,20-21,27H,2-9,18-19,30H2,1H3,(H,33,34). The van der Waals surface area contributed by atoms with Gasteiger partial charge in [0.1, 0.15) is 11.8 Å². The van der Waals surface area contributed by atoms with Crippen molar-refractivity contribution in [1.82, 2.24) is 9.97 Å². The Labute approximate surface area is 208 Å². The van der Waals surface area contributed by atoms with Crippen molar-refractivity contribution in [2.75, 3.05) is 6.61 Å². The summed E-state index contributed by atoms with van der Waals surface area (Å²) in [5.41, 5.74) is 9.31. The van der Waals surface area contributed by atoms with Gasteiger partial charge in [0.05, 0.1) is 6.61 Å². The van der Waals surface area contributed by atoms with Crippen LogP contribution in [0.1, 0.15) is 63.9 Å². The number of aliphatic carboxylic acids is 1. The lowest BCUT2D eigenvalue weighted by atomic mass is 10.0. The molecule has 0 amide bonds. The average Bonchev–Trinajstić information content (AvgIpc) is 2.88. The van der Waals surface area contributed by atoms with Crippen molar-refractivity contribution in [2.45, 2.75) is 70.8 Å². The number of rotatable bonds is 15. The van der Waals surface area contributed by atoms with Crippen molar-refractivity contribution in [3.05, 3.63) is 66.5 Å². The predicted octanol–water partition coefficient (Wildman–Crippen LogP) is 6.28. The van der Waals surface area contributed by atoms with Crippen molar-refractivity contribution in [1.29, 1.82) is 0 Å². The maximum absolute atomic E-state index is 10.9. The Kier molecular flexibility index (Phi) is 10.7. The second kappa shape index (κ2) is 14.2. The molecule has 0 fully saturated rings. The predicted molar refractivity (Wildman–Crippen MR) is 140 cm³/mol. The van der Waals surface area contributed by atoms with Gasteiger partial charge in [-0.25, -0.2) is 9.97 Å². The SMILES string of the molecule is CCCCCCCCCCOc1ccc(-c2cnc(-c3ccc(CC(N)C(=O)O)cc3)nc2)cc1. The summed E-state index contributed by atoms with van der Waals surface area (Å²) in [7, 11) is 0. The van der Waals surface area contributed by atoms with Gasteiger partial charge in [-0.05, 0) is 36.1 Å². The van der Waals surface area contributed by atoms with Crippen LogP contribution in [0.5, 0.6) is 5.75 Å². The molecule has 6 heteroatoms. The fourth-order valence-corrected chi connectivity index (χ4v) is 3.93. The Hall–Kier alpha value is -3.25. The molecule has 1 aromatic heterocycles. The Morgan fingerprint density at radius 1 is 0.829 bits per heavy atom. The second-order valence-electron chi connectivity index (χ2n) is 8.99. The quantitative estimate of drug-likeness (QED) is 0.251. The Morgan fingerprint density at radius 3 is 2.00 bits per heavy atom. The number of benzene rings is 2. The average molecular weight is 476 g/mol. The summed E-state index contributed by atoms with van der Waals surface area (Å²) in [5.74, 6) is 0.501. The summed E-state index contributed by atoms with van der Waals surface area (Å²) >= 11 is 0. The molecule has 0 aliphatic carbocycles. The van der Waals surface area contributed by atoms with E-state index in [0.29, 0.717) is 5.82 Å². The lowest BCUT2D eigenvalue weighted by Crippen LogP contribution is -2.32. The van der Waals surface area contributed by atoms with E-state index in [1.807, 2.05) is 60.9 Å². The minimum atomic E-state index is -1.00. The number of unbranched alkanes of at least 4 members (excludes halogenated alkanes) is 7. The van der Waals surface area contributed by atoms with Crippen LogP contribution in [-0.2, 0) is 11.2 Å². The summed E-state index contributed by atoms with van der Waals surface area (Å²) in [5, 5.41) is 8.95. The van der Waals surface area contributed by atoms with Gasteiger partial charge in [-0.2, -0.15) is 0 Å². The maximum atomic E-state index is 10.9. The van der Waals surface area contributed by atoms with Gasteiger partial charge < -0.3 is 15.6 Å². The van der Waals surface area contributed by atoms with Crippen LogP contribution >= 0.6 is 0 Å². The molecule has 3 aromatic rings. The van der Waals surface area contributed by atoms with Crippen molar-refractivity contribution in [3.63, 3.8) is 0 Å². The van der Waals surface area contributed by atoms with Gasteiger partial charge >= 0.3 is 5.97 Å². The van der Waals surface area contributed by atoms with Crippen LogP contribution in [0.2, 0.25) is 0 Å². The fraction of sp³-hybridized carbons (Fsp3) is 0.414. The van der Waals surface area contributed by atoms with Crippen molar-refractivity contribution in [3.8, 4) is 28.3 Å². The molecular formula is C29H37N3O3. The number of nitrogens with two attached hydrogens (primary N) is 1. The zero-order valence-corrected chi connectivity index (χ0v) is 20.7. The largest absolute Gasteiger partial charge is 0.494 e. The zero-order valence-electron chi connectivity index (χ0n) is 20.7. The summed E-state index contributed by atoms with van der Waals surface area (Å²) < 4.78 is 5.89. The Bertz CT molecular complexity index is 1020. The van der Waals surface area contributed by atoms with E-state index in [0.717, 1.165) is 41.0 Å². The van der Waals surface area contributed by atoms with Crippen molar-refractivity contribution in [2.24, 2.45) is 5.73 Å². The first kappa shape index (κ1) is 26.4. The van der Waals surface area contributed by atoms with Crippen molar-refractivity contribution < 1.29 is 14.6 Å². The van der Waals surface area contributed by atoms with E-state index in [2.05, 4.69) is 16.9 Å². The molecule has 0 aliphatic rings. The summed E-state index contributed by atoms with van der Waals surface area (Å²) in [6.07, 6.45) is 14.3. The van der Waals surface area contributed by atoms with Gasteiger partial charge in [0.15, 0.2) is 5.82 Å². The van der Waals surface area contributed by atoms with Crippen LogP contribution in [0.3, 0.4) is 0 Å². The molecule has 1 heterocycles. The first-order valence-corrected chi connectivity index (χ1v) is 12.7. The molecule has 3 rings (SSSR count). The normalized spacial score (nSPS) is 11.8. The molecule has 0 spiro atoms. The highest BCUT2D eigenvalue weighted by molar-refractivity contribution is 5.73. The molecule has 186 valence electrons. The van der Waals surface area contributed by atoms with E-state index in [1.54, 1.807) is 0 Å². The molecule has 1 unspecified atom stereocenters. The maximum Gasteiger partial charge on any atom is 0.320 e. The number of carboxylic acid groups (broad SMARTS) is 1. The van der Waals surface area contributed by atoms with Crippen LogP contribution in [0.15, 0.2) is 60.9 Å². The van der Waals surface area contributed by atoms with Gasteiger partial charge in [-0.1, -0.05) is 88.3 Å². The third-order valence-electron chi connectivity index (χ3n) is 6.09. The van der Waals surface area contributed by atoms with E-state index in [9.17, 15) is 4.79 Å². The highest BCUT2D eigenvalue weighted by Gasteiger charge is 2.12. The van der Waals surface area contributed by atoms with E-state index >= 15 is 0 Å². The summed E-state index contributed by atoms with van der Waals surface area (Å²) in [4.78, 5) is 19.9. The molecule has 0 aliphatic heterocycles. The Balaban J connectivity index is 1.45. The number of ether oxygens (including phenoxy) is 1. The number of aromatic nitrogens is 2. The fourth-order valence-electron chi connectivity index (χ4n) is 3.93. The van der Waals surface area contributed by atoms with Crippen molar-refractivity contribution >= 4 is 5.97 Å². The molecule has 2 aromatic carbocycles. The van der Waals surface area contributed by atoms with Gasteiger partial charge in [-0.15, -0.1) is 0 Å². The van der Waals surface area contributed by atoms with Crippen LogP contribution in [0.4, 0.5) is 0 Å². The zero-order chi connectivity index (χ0) is 24.9. The topological polar surface area (TPSA) is 98.3 Å². The highest BCUT2D eigenvalue weighted by Crippen LogP contribution is 2.23. The summed E-state index contributed by atoms with van der Waals surface area (Å²) in [6, 6.07) is 14.6. The van der Waals surface area contributed by atoms with Gasteiger partial charge in [-0.3, -0.25) is 4.79 Å². The van der Waals surface area contributed by atoms with Crippen LogP contribution in [-0.4, -0.2) is 33.7 Å². The number of hydrogen-bond acceptors (Lipinski definition) is 5. The van der Waals surface area contributed by atoms with Crippen LogP contribution < -0.4 is 10.5 Å². The van der Waals surface area contributed by atoms with E-state index in [-0.39, 0.29) is 6.42 Å². The number of hydrogen-bond donors (Lipinski definition) is 2. The third kappa shape index (κ3) is 8.80. The highest BCUT2D eigenvalue weighted by atomic mass is 16.5. The molecule has 0 bridgehead atoms. The van der Waals surface area contributed by atoms with Gasteiger partial charge in [0.2, 0.25) is 0 Å². The van der Waals surface area contributed by atoms with Gasteiger partial charge in [0, 0.05) is 23.5 Å². The summed E-state index contributed by atoms with van der Waals surface area (Å²) in [6.45, 7) is 3.01. The van der Waals surface area contributed by atoms with E-state index in [4.69, 9.17) is 15.6 Å². The number of carbonyl (C=O) groups is 1. The molecule has 0 radical (unpaired) electrons. The van der Waals surface area contributed by atoms with E-state index in [1.165, 1.54) is 44.9 Å². The number of carboxylic acids is 1. The molecule has 3 N–H and O–H groups in total. The monoisotopic (exact) mass is 475 g/mol. The first-order chi connectivity index (χ1) is 17.1. The van der Waals surface area contributed by atoms with E-state index < -0.39 is 12.0 Å². The smallest absolute Gasteiger partial charge is 0.320 e. The lowest BCUT2D eigenvalue weighted by molar-refractivity contribution is -0.138. The number of nitrogens with zero attached hydrogens (tertiary/aromatic N) is 2. The Morgan fingerprint density at radius 2 is 1.40 bits per heavy atom. The lowest BCUT2D eigenvalue weighted by Gasteiger charge is -2.08. The molecule has 0 saturated carbocycles.